The molecule has 7 nitrogen and oxygen atoms in total. The maximum absolute atomic E-state index is 12.6. The predicted molar refractivity (Wildman–Crippen MR) is 145 cm³/mol. The van der Waals surface area contributed by atoms with E-state index in [1.807, 2.05) is 44.2 Å². The molecule has 1 aliphatic rings. The number of amides is 2. The van der Waals surface area contributed by atoms with E-state index >= 15 is 0 Å². The number of rotatable bonds is 8. The van der Waals surface area contributed by atoms with Crippen molar-refractivity contribution < 1.29 is 23.8 Å². The van der Waals surface area contributed by atoms with Crippen molar-refractivity contribution in [3.05, 3.63) is 77.4 Å². The summed E-state index contributed by atoms with van der Waals surface area (Å²) in [6.07, 6.45) is 0. The highest BCUT2D eigenvalue weighted by Gasteiger charge is 2.26. The third-order valence-electron chi connectivity index (χ3n) is 6.25. The van der Waals surface area contributed by atoms with Crippen LogP contribution in [0.2, 0.25) is 0 Å². The van der Waals surface area contributed by atoms with Crippen LogP contribution in [0.25, 0.3) is 0 Å². The summed E-state index contributed by atoms with van der Waals surface area (Å²) in [6.45, 7) is 10.9. The normalized spacial score (nSPS) is 13.0. The van der Waals surface area contributed by atoms with E-state index in [-0.39, 0.29) is 30.4 Å². The molecule has 0 unspecified atom stereocenters. The zero-order chi connectivity index (χ0) is 26.6. The van der Waals surface area contributed by atoms with E-state index in [0.29, 0.717) is 36.0 Å². The van der Waals surface area contributed by atoms with Crippen molar-refractivity contribution in [2.24, 2.45) is 0 Å². The molecule has 0 radical (unpaired) electrons. The second kappa shape index (κ2) is 10.9. The monoisotopic (exact) mass is 502 g/mol. The number of hydrogen-bond acceptors (Lipinski definition) is 5. The average molecular weight is 503 g/mol. The van der Waals surface area contributed by atoms with Crippen LogP contribution in [0.3, 0.4) is 0 Å². The summed E-state index contributed by atoms with van der Waals surface area (Å²) in [5, 5.41) is 2.85. The molecule has 4 rings (SSSR count). The van der Waals surface area contributed by atoms with Gasteiger partial charge in [0, 0.05) is 5.69 Å². The fourth-order valence-electron chi connectivity index (χ4n) is 4.19. The molecule has 37 heavy (non-hydrogen) atoms. The number of fused-ring (bicyclic) bond motifs is 1. The number of nitrogens with zero attached hydrogens (tertiary/aromatic N) is 1. The Labute approximate surface area is 218 Å². The van der Waals surface area contributed by atoms with Crippen molar-refractivity contribution in [1.82, 2.24) is 0 Å². The molecule has 7 heteroatoms. The van der Waals surface area contributed by atoms with Gasteiger partial charge in [0.25, 0.3) is 11.8 Å². The van der Waals surface area contributed by atoms with Crippen LogP contribution in [0.4, 0.5) is 11.4 Å². The lowest BCUT2D eigenvalue weighted by Gasteiger charge is -2.29. The Morgan fingerprint density at radius 2 is 1.70 bits per heavy atom. The first-order chi connectivity index (χ1) is 17.6. The van der Waals surface area contributed by atoms with Gasteiger partial charge in [-0.15, -0.1) is 0 Å². The molecule has 1 N–H and O–H groups in total. The van der Waals surface area contributed by atoms with Gasteiger partial charge >= 0.3 is 0 Å². The van der Waals surface area contributed by atoms with Gasteiger partial charge in [-0.25, -0.2) is 0 Å². The van der Waals surface area contributed by atoms with Crippen LogP contribution >= 0.6 is 0 Å². The van der Waals surface area contributed by atoms with E-state index in [2.05, 4.69) is 38.2 Å². The quantitative estimate of drug-likeness (QED) is 0.445. The van der Waals surface area contributed by atoms with Gasteiger partial charge in [-0.2, -0.15) is 0 Å². The Kier molecular flexibility index (Phi) is 7.71. The largest absolute Gasteiger partial charge is 0.492 e. The summed E-state index contributed by atoms with van der Waals surface area (Å²) in [5.74, 6) is 1.58. The summed E-state index contributed by atoms with van der Waals surface area (Å²) >= 11 is 0. The number of hydrogen-bond donors (Lipinski definition) is 1. The van der Waals surface area contributed by atoms with Gasteiger partial charge in [0.2, 0.25) is 0 Å². The molecule has 194 valence electrons. The average Bonchev–Trinajstić information content (AvgIpc) is 2.85. The van der Waals surface area contributed by atoms with Gasteiger partial charge in [-0.3, -0.25) is 9.59 Å². The zero-order valence-corrected chi connectivity index (χ0v) is 22.1. The van der Waals surface area contributed by atoms with Crippen molar-refractivity contribution in [3.63, 3.8) is 0 Å². The highest BCUT2D eigenvalue weighted by Crippen LogP contribution is 2.34. The third kappa shape index (κ3) is 6.42. The van der Waals surface area contributed by atoms with Gasteiger partial charge in [0.05, 0.1) is 12.2 Å². The molecule has 3 aromatic rings. The van der Waals surface area contributed by atoms with Crippen LogP contribution in [-0.2, 0) is 15.0 Å². The molecule has 1 aliphatic heterocycles. The van der Waals surface area contributed by atoms with E-state index in [9.17, 15) is 9.59 Å². The highest BCUT2D eigenvalue weighted by atomic mass is 16.5. The standard InChI is InChI=1S/C30H34N2O5/c1-20-7-6-8-21(2)29(20)37-18-27(33)31-23-11-14-26-25(17-23)32(28(34)19-36-26)15-16-35-24-12-9-22(10-13-24)30(3,4)5/h6-14,17H,15-16,18-19H2,1-5H3,(H,31,33). The minimum absolute atomic E-state index is 0.0391. The maximum atomic E-state index is 12.6. The molecular formula is C30H34N2O5. The number of ether oxygens (including phenoxy) is 3. The van der Waals surface area contributed by atoms with E-state index in [0.717, 1.165) is 16.9 Å². The first-order valence-electron chi connectivity index (χ1n) is 12.4. The highest BCUT2D eigenvalue weighted by molar-refractivity contribution is 5.99. The molecule has 3 aromatic carbocycles. The zero-order valence-electron chi connectivity index (χ0n) is 22.1. The Balaban J connectivity index is 1.38. The number of aryl methyl sites for hydroxylation is 2. The van der Waals surface area contributed by atoms with Crippen LogP contribution in [0.5, 0.6) is 17.2 Å². The summed E-state index contributed by atoms with van der Waals surface area (Å²) < 4.78 is 17.3. The molecule has 0 saturated carbocycles. The van der Waals surface area contributed by atoms with Crippen LogP contribution in [0, 0.1) is 13.8 Å². The Hall–Kier alpha value is -4.00. The topological polar surface area (TPSA) is 77.1 Å². The first kappa shape index (κ1) is 26.1. The van der Waals surface area contributed by atoms with Crippen molar-refractivity contribution in [1.29, 1.82) is 0 Å². The number of carbonyl (C=O) groups excluding carboxylic acids is 2. The van der Waals surface area contributed by atoms with Gasteiger partial charge in [-0.1, -0.05) is 51.1 Å². The minimum Gasteiger partial charge on any atom is -0.492 e. The van der Waals surface area contributed by atoms with Crippen LogP contribution in [0.15, 0.2) is 60.7 Å². The molecule has 0 saturated heterocycles. The number of carbonyl (C=O) groups is 2. The Bertz CT molecular complexity index is 1260. The third-order valence-corrected chi connectivity index (χ3v) is 6.25. The lowest BCUT2D eigenvalue weighted by atomic mass is 9.87. The van der Waals surface area contributed by atoms with E-state index in [4.69, 9.17) is 14.2 Å². The van der Waals surface area contributed by atoms with E-state index < -0.39 is 0 Å². The van der Waals surface area contributed by atoms with Crippen molar-refractivity contribution in [2.45, 2.75) is 40.0 Å². The van der Waals surface area contributed by atoms with Gasteiger partial charge in [0.15, 0.2) is 13.2 Å². The van der Waals surface area contributed by atoms with Crippen molar-refractivity contribution in [2.75, 3.05) is 36.6 Å². The molecule has 2 amide bonds. The fraction of sp³-hybridized carbons (Fsp3) is 0.333. The van der Waals surface area contributed by atoms with Crippen LogP contribution in [-0.4, -0.2) is 38.2 Å². The Morgan fingerprint density at radius 1 is 1.00 bits per heavy atom. The predicted octanol–water partition coefficient (Wildman–Crippen LogP) is 5.42. The summed E-state index contributed by atoms with van der Waals surface area (Å²) in [5.41, 5.74) is 4.39. The van der Waals surface area contributed by atoms with E-state index in [1.165, 1.54) is 5.56 Å². The van der Waals surface area contributed by atoms with Crippen LogP contribution in [0.1, 0.15) is 37.5 Å². The van der Waals surface area contributed by atoms with E-state index in [1.54, 1.807) is 23.1 Å². The summed E-state index contributed by atoms with van der Waals surface area (Å²) in [6, 6.07) is 19.1. The number of benzene rings is 3. The molecule has 0 spiro atoms. The maximum Gasteiger partial charge on any atom is 0.265 e. The SMILES string of the molecule is Cc1cccc(C)c1OCC(=O)Nc1ccc2c(c1)N(CCOc1ccc(C(C)(C)C)cc1)C(=O)CO2. The number of para-hydroxylation sites is 1. The molecule has 0 aromatic heterocycles. The molecule has 0 aliphatic carbocycles. The minimum atomic E-state index is -0.292. The van der Waals surface area contributed by atoms with Crippen LogP contribution < -0.4 is 24.4 Å². The number of nitrogens with one attached hydrogen (secondary N) is 1. The van der Waals surface area contributed by atoms with Crippen molar-refractivity contribution >= 4 is 23.2 Å². The fourth-order valence-corrected chi connectivity index (χ4v) is 4.19. The first-order valence-corrected chi connectivity index (χ1v) is 12.4. The van der Waals surface area contributed by atoms with Gasteiger partial charge in [0.1, 0.15) is 23.9 Å². The molecular weight excluding hydrogens is 468 g/mol. The number of anilines is 2. The molecule has 0 fully saturated rings. The molecule has 0 atom stereocenters. The second-order valence-corrected chi connectivity index (χ2v) is 10.2. The molecule has 0 bridgehead atoms. The second-order valence-electron chi connectivity index (χ2n) is 10.2. The van der Waals surface area contributed by atoms with Gasteiger partial charge in [-0.05, 0) is 66.3 Å². The lowest BCUT2D eigenvalue weighted by Crippen LogP contribution is -2.41. The smallest absolute Gasteiger partial charge is 0.265 e. The lowest BCUT2D eigenvalue weighted by molar-refractivity contribution is -0.121. The Morgan fingerprint density at radius 3 is 2.38 bits per heavy atom. The van der Waals surface area contributed by atoms with Crippen molar-refractivity contribution in [3.8, 4) is 17.2 Å². The van der Waals surface area contributed by atoms with Gasteiger partial charge < -0.3 is 24.4 Å². The molecule has 1 heterocycles. The summed E-state index contributed by atoms with van der Waals surface area (Å²) in [7, 11) is 0. The summed E-state index contributed by atoms with van der Waals surface area (Å²) in [4.78, 5) is 26.8.